The molecule has 2 fully saturated rings. The van der Waals surface area contributed by atoms with Gasteiger partial charge in [-0.05, 0) is 19.3 Å². The van der Waals surface area contributed by atoms with Gasteiger partial charge in [0, 0.05) is 19.1 Å². The lowest BCUT2D eigenvalue weighted by Crippen LogP contribution is -2.47. The van der Waals surface area contributed by atoms with Crippen LogP contribution in [0.25, 0.3) is 0 Å². The van der Waals surface area contributed by atoms with Gasteiger partial charge in [0.1, 0.15) is 0 Å². The van der Waals surface area contributed by atoms with Gasteiger partial charge in [0.25, 0.3) is 0 Å². The number of rotatable bonds is 5. The second kappa shape index (κ2) is 5.27. The van der Waals surface area contributed by atoms with E-state index in [-0.39, 0.29) is 36.0 Å². The predicted octanol–water partition coefficient (Wildman–Crippen LogP) is -0.944. The number of sulfone groups is 1. The van der Waals surface area contributed by atoms with Gasteiger partial charge in [0.15, 0.2) is 9.84 Å². The van der Waals surface area contributed by atoms with Crippen molar-refractivity contribution in [3.8, 4) is 0 Å². The van der Waals surface area contributed by atoms with Gasteiger partial charge in [-0.25, -0.2) is 16.8 Å². The van der Waals surface area contributed by atoms with Crippen LogP contribution in [0.4, 0.5) is 0 Å². The van der Waals surface area contributed by atoms with Crippen LogP contribution in [0.15, 0.2) is 0 Å². The van der Waals surface area contributed by atoms with E-state index < -0.39 is 19.9 Å². The Hall–Kier alpha value is -0.670. The number of hydrogen-bond acceptors (Lipinski definition) is 5. The Kier molecular flexibility index (Phi) is 4.14. The van der Waals surface area contributed by atoms with Crippen LogP contribution in [0, 0.1) is 0 Å². The average molecular weight is 324 g/mol. The lowest BCUT2D eigenvalue weighted by atomic mass is 10.2. The third-order valence-corrected chi connectivity index (χ3v) is 6.77. The fourth-order valence-corrected chi connectivity index (χ4v) is 4.50. The summed E-state index contributed by atoms with van der Waals surface area (Å²) < 4.78 is 46.8. The molecular weight excluding hydrogens is 304 g/mol. The number of likely N-dealkylation sites (N-methyl/N-ethyl adjacent to an activating group) is 1. The monoisotopic (exact) mass is 324 g/mol. The maximum atomic E-state index is 12.3. The minimum Gasteiger partial charge on any atom is -0.335 e. The third-order valence-electron chi connectivity index (χ3n) is 3.75. The minimum atomic E-state index is -3.42. The molecule has 0 radical (unpaired) electrons. The van der Waals surface area contributed by atoms with Gasteiger partial charge in [-0.2, -0.15) is 4.31 Å². The summed E-state index contributed by atoms with van der Waals surface area (Å²) in [5, 5.41) is 0. The molecule has 0 spiro atoms. The van der Waals surface area contributed by atoms with Crippen molar-refractivity contribution in [3.63, 3.8) is 0 Å². The molecule has 1 saturated heterocycles. The molecule has 116 valence electrons. The number of nitrogens with zero attached hydrogens (tertiary/aromatic N) is 2. The number of amides is 1. The molecule has 1 amide bonds. The van der Waals surface area contributed by atoms with Crippen molar-refractivity contribution >= 4 is 25.8 Å². The van der Waals surface area contributed by atoms with Gasteiger partial charge in [-0.15, -0.1) is 0 Å². The summed E-state index contributed by atoms with van der Waals surface area (Å²) in [4.78, 5) is 13.9. The molecule has 20 heavy (non-hydrogen) atoms. The highest BCUT2D eigenvalue weighted by molar-refractivity contribution is 7.91. The van der Waals surface area contributed by atoms with E-state index in [1.807, 2.05) is 0 Å². The summed E-state index contributed by atoms with van der Waals surface area (Å²) in [6.07, 6.45) is 3.23. The average Bonchev–Trinajstić information content (AvgIpc) is 3.03. The van der Waals surface area contributed by atoms with E-state index in [0.717, 1.165) is 23.4 Å². The van der Waals surface area contributed by atoms with Crippen LogP contribution in [0.1, 0.15) is 19.3 Å². The minimum absolute atomic E-state index is 0.00215. The normalized spacial score (nSPS) is 25.9. The van der Waals surface area contributed by atoms with E-state index in [0.29, 0.717) is 6.42 Å². The molecule has 2 rings (SSSR count). The zero-order chi connectivity index (χ0) is 15.1. The van der Waals surface area contributed by atoms with Crippen LogP contribution < -0.4 is 0 Å². The zero-order valence-electron chi connectivity index (χ0n) is 11.6. The quantitative estimate of drug-likeness (QED) is 0.650. The molecule has 1 heterocycles. The first-order valence-corrected chi connectivity index (χ1v) is 10.2. The molecule has 2 aliphatic rings. The molecule has 0 aromatic carbocycles. The van der Waals surface area contributed by atoms with E-state index in [1.54, 1.807) is 4.90 Å². The van der Waals surface area contributed by atoms with Gasteiger partial charge in [0.2, 0.25) is 15.9 Å². The van der Waals surface area contributed by atoms with Gasteiger partial charge < -0.3 is 4.90 Å². The highest BCUT2D eigenvalue weighted by atomic mass is 32.2. The van der Waals surface area contributed by atoms with Crippen LogP contribution in [-0.4, -0.2) is 75.4 Å². The first-order chi connectivity index (χ1) is 9.10. The maximum Gasteiger partial charge on any atom is 0.238 e. The second-order valence-electron chi connectivity index (χ2n) is 5.61. The number of sulfonamides is 1. The summed E-state index contributed by atoms with van der Waals surface area (Å²) >= 11 is 0. The highest BCUT2D eigenvalue weighted by Crippen LogP contribution is 2.32. The van der Waals surface area contributed by atoms with Crippen molar-refractivity contribution < 1.29 is 21.6 Å². The van der Waals surface area contributed by atoms with Gasteiger partial charge in [0.05, 0.1) is 24.3 Å². The molecule has 1 saturated carbocycles. The number of carbonyl (C=O) groups is 1. The van der Waals surface area contributed by atoms with Crippen molar-refractivity contribution in [2.24, 2.45) is 0 Å². The Bertz CT molecular complexity index is 594. The summed E-state index contributed by atoms with van der Waals surface area (Å²) in [6, 6.07) is -0.221. The molecule has 1 aliphatic heterocycles. The van der Waals surface area contributed by atoms with Crippen molar-refractivity contribution in [2.45, 2.75) is 31.3 Å². The third kappa shape index (κ3) is 3.70. The molecule has 0 aromatic rings. The maximum absolute atomic E-state index is 12.3. The van der Waals surface area contributed by atoms with Crippen LogP contribution >= 0.6 is 0 Å². The largest absolute Gasteiger partial charge is 0.335 e. The predicted molar refractivity (Wildman–Crippen MR) is 74.4 cm³/mol. The lowest BCUT2D eigenvalue weighted by molar-refractivity contribution is -0.133. The molecule has 1 atom stereocenters. The van der Waals surface area contributed by atoms with Crippen molar-refractivity contribution in [1.82, 2.24) is 9.21 Å². The fourth-order valence-electron chi connectivity index (χ4n) is 2.44. The van der Waals surface area contributed by atoms with Crippen LogP contribution in [-0.2, 0) is 24.7 Å². The molecule has 0 N–H and O–H groups in total. The Morgan fingerprint density at radius 2 is 1.80 bits per heavy atom. The molecule has 0 aromatic heterocycles. The van der Waals surface area contributed by atoms with E-state index in [2.05, 4.69) is 0 Å². The molecule has 1 aliphatic carbocycles. The van der Waals surface area contributed by atoms with E-state index >= 15 is 0 Å². The Balaban J connectivity index is 2.08. The summed E-state index contributed by atoms with van der Waals surface area (Å²) in [5.74, 6) is -0.198. The Morgan fingerprint density at radius 1 is 1.20 bits per heavy atom. The highest BCUT2D eigenvalue weighted by Gasteiger charge is 2.42. The fraction of sp³-hybridized carbons (Fsp3) is 0.909. The molecule has 1 unspecified atom stereocenters. The first-order valence-electron chi connectivity index (χ1n) is 6.53. The Morgan fingerprint density at radius 3 is 2.20 bits per heavy atom. The van der Waals surface area contributed by atoms with Crippen LogP contribution in [0.3, 0.4) is 0 Å². The van der Waals surface area contributed by atoms with E-state index in [9.17, 15) is 21.6 Å². The SMILES string of the molecule is CN(CC(=O)N(C1CC1)C1CCS(=O)(=O)C1)S(C)(=O)=O. The zero-order valence-corrected chi connectivity index (χ0v) is 13.3. The van der Waals surface area contributed by atoms with Crippen molar-refractivity contribution in [3.05, 3.63) is 0 Å². The molecule has 0 bridgehead atoms. The van der Waals surface area contributed by atoms with E-state index in [4.69, 9.17) is 0 Å². The first kappa shape index (κ1) is 15.7. The van der Waals surface area contributed by atoms with Crippen LogP contribution in [0.2, 0.25) is 0 Å². The molecule has 7 nitrogen and oxygen atoms in total. The van der Waals surface area contributed by atoms with Crippen molar-refractivity contribution in [2.75, 3.05) is 31.4 Å². The van der Waals surface area contributed by atoms with Crippen LogP contribution in [0.5, 0.6) is 0 Å². The smallest absolute Gasteiger partial charge is 0.238 e. The number of carbonyl (C=O) groups excluding carboxylic acids is 1. The standard InChI is InChI=1S/C11H20N2O5S2/c1-12(19(2,15)16)7-11(14)13(9-3-4-9)10-5-6-20(17,18)8-10/h9-10H,3-8H2,1-2H3. The number of hydrogen-bond donors (Lipinski definition) is 0. The van der Waals surface area contributed by atoms with E-state index in [1.165, 1.54) is 7.05 Å². The van der Waals surface area contributed by atoms with Crippen molar-refractivity contribution in [1.29, 1.82) is 0 Å². The topological polar surface area (TPSA) is 91.8 Å². The summed E-state index contributed by atoms with van der Waals surface area (Å²) in [5.41, 5.74) is 0. The Labute approximate surface area is 119 Å². The second-order valence-corrected chi connectivity index (χ2v) is 9.93. The summed E-state index contributed by atoms with van der Waals surface area (Å²) in [6.45, 7) is -0.230. The van der Waals surface area contributed by atoms with Gasteiger partial charge in [-0.1, -0.05) is 0 Å². The summed E-state index contributed by atoms with van der Waals surface area (Å²) in [7, 11) is -5.13. The molecule has 9 heteroatoms. The lowest BCUT2D eigenvalue weighted by Gasteiger charge is -2.29. The van der Waals surface area contributed by atoms with Gasteiger partial charge in [-0.3, -0.25) is 4.79 Å². The van der Waals surface area contributed by atoms with Gasteiger partial charge >= 0.3 is 0 Å². The molecular formula is C11H20N2O5S2.